The van der Waals surface area contributed by atoms with Crippen LogP contribution in [0, 0.1) is 17.8 Å². The van der Waals surface area contributed by atoms with E-state index in [2.05, 4.69) is 5.32 Å². The summed E-state index contributed by atoms with van der Waals surface area (Å²) >= 11 is 0. The minimum Gasteiger partial charge on any atom is -0.507 e. The van der Waals surface area contributed by atoms with E-state index in [0.29, 0.717) is 0 Å². The van der Waals surface area contributed by atoms with Gasteiger partial charge in [0.25, 0.3) is 0 Å². The molecule has 3 rings (SSSR count). The molecule has 2 aliphatic carbocycles. The Morgan fingerprint density at radius 1 is 1.20 bits per heavy atom. The molecule has 1 saturated carbocycles. The predicted molar refractivity (Wildman–Crippen MR) is 126 cm³/mol. The lowest BCUT2D eigenvalue weighted by atomic mass is 9.63. The quantitative estimate of drug-likeness (QED) is 0.431. The third-order valence-electron chi connectivity index (χ3n) is 6.01. The molecule has 35 heavy (non-hydrogen) atoms. The molecular weight excluding hydrogens is 471 g/mol. The Labute approximate surface area is 204 Å². The molecule has 0 radical (unpaired) electrons. The van der Waals surface area contributed by atoms with Crippen molar-refractivity contribution in [2.24, 2.45) is 17.8 Å². The molecule has 0 saturated heterocycles. The number of carbonyl (C=O) groups excluding carboxylic acids is 3. The van der Waals surface area contributed by atoms with Gasteiger partial charge in [-0.15, -0.1) is 0 Å². The number of phenolic OH excluding ortho intramolecular Hbond substituents is 1. The summed E-state index contributed by atoms with van der Waals surface area (Å²) in [6, 6.07) is 2.19. The van der Waals surface area contributed by atoms with Crippen LogP contribution in [0.5, 0.6) is 5.75 Å². The van der Waals surface area contributed by atoms with Crippen molar-refractivity contribution in [3.8, 4) is 5.75 Å². The van der Waals surface area contributed by atoms with Crippen LogP contribution in [0.3, 0.4) is 0 Å². The highest BCUT2D eigenvalue weighted by Gasteiger charge is 2.47. The fourth-order valence-corrected chi connectivity index (χ4v) is 4.85. The fraction of sp³-hybridized carbons (Fsp3) is 0.542. The van der Waals surface area contributed by atoms with Gasteiger partial charge in [-0.1, -0.05) is 6.07 Å². The van der Waals surface area contributed by atoms with E-state index in [9.17, 15) is 42.9 Å². The summed E-state index contributed by atoms with van der Waals surface area (Å²) in [5.41, 5.74) is -0.317. The first kappa shape index (κ1) is 30.3. The van der Waals surface area contributed by atoms with Crippen LogP contribution < -0.4 is 5.32 Å². The Hall–Kier alpha value is -2.76. The number of Topliss-reactive ketones (excluding diaryl/α,β-unsaturated/α-hetero) is 3. The number of aromatic hydroxyl groups is 1. The smallest absolute Gasteiger partial charge is 0.393 e. The Balaban J connectivity index is 0. The first-order chi connectivity index (χ1) is 15.9. The molecule has 11 heteroatoms. The predicted octanol–water partition coefficient (Wildman–Crippen LogP) is 2.58. The van der Waals surface area contributed by atoms with E-state index >= 15 is 0 Å². The van der Waals surface area contributed by atoms with Gasteiger partial charge in [0.15, 0.2) is 11.6 Å². The van der Waals surface area contributed by atoms with Crippen molar-refractivity contribution in [1.82, 2.24) is 5.32 Å². The Morgan fingerprint density at radius 2 is 1.80 bits per heavy atom. The first-order valence-corrected chi connectivity index (χ1v) is 11.0. The van der Waals surface area contributed by atoms with Crippen LogP contribution in [-0.4, -0.2) is 65.0 Å². The van der Waals surface area contributed by atoms with Crippen molar-refractivity contribution in [3.63, 3.8) is 0 Å². The summed E-state index contributed by atoms with van der Waals surface area (Å²) < 4.78 is 39.1. The van der Waals surface area contributed by atoms with Crippen LogP contribution in [0.1, 0.15) is 45.7 Å². The number of phenols is 1. The van der Waals surface area contributed by atoms with Gasteiger partial charge in [-0.05, 0) is 69.3 Å². The number of nitrogens with one attached hydrogen (secondary N) is 1. The van der Waals surface area contributed by atoms with E-state index in [4.69, 9.17) is 0 Å². The molecule has 0 heterocycles. The van der Waals surface area contributed by atoms with E-state index in [1.807, 2.05) is 14.1 Å². The lowest BCUT2D eigenvalue weighted by molar-refractivity contribution is -0.137. The molecular formula is C24H36F3NO7. The summed E-state index contributed by atoms with van der Waals surface area (Å²) in [5, 5.41) is 33.2. The monoisotopic (exact) mass is 507 g/mol. The standard InChI is InChI=1S/C22H23F3O6.C2H7N.H2O.2H2/c1-10(27)6-16(29)17-11(4-5-26)7-13-8-14-12(9-22(23,24)25)2-3-15(28)19(14)21(31)18(13)20(17)30;1-3-2;;;/h2-3,11,13,17,26,28,31H,4-9H2,1H3;3H,1-2H3;1H2;2*1H. The number of aliphatic hydroxyl groups is 2. The third-order valence-corrected chi connectivity index (χ3v) is 6.01. The summed E-state index contributed by atoms with van der Waals surface area (Å²) in [7, 11) is 3.75. The fourth-order valence-electron chi connectivity index (χ4n) is 4.85. The second-order valence-corrected chi connectivity index (χ2v) is 8.75. The van der Waals surface area contributed by atoms with Crippen molar-refractivity contribution < 1.29 is 51.2 Å². The highest BCUT2D eigenvalue weighted by atomic mass is 19.4. The molecule has 0 aliphatic heterocycles. The van der Waals surface area contributed by atoms with E-state index in [1.165, 1.54) is 6.92 Å². The van der Waals surface area contributed by atoms with Gasteiger partial charge in [-0.2, -0.15) is 13.2 Å². The van der Waals surface area contributed by atoms with Crippen molar-refractivity contribution in [3.05, 3.63) is 34.4 Å². The van der Waals surface area contributed by atoms with Crippen molar-refractivity contribution in [2.45, 2.75) is 45.2 Å². The van der Waals surface area contributed by atoms with Gasteiger partial charge < -0.3 is 26.1 Å². The molecule has 8 nitrogen and oxygen atoms in total. The highest BCUT2D eigenvalue weighted by Crippen LogP contribution is 2.48. The van der Waals surface area contributed by atoms with Crippen LogP contribution in [-0.2, 0) is 27.2 Å². The third kappa shape index (κ3) is 6.89. The van der Waals surface area contributed by atoms with Gasteiger partial charge in [0, 0.05) is 15.0 Å². The summed E-state index contributed by atoms with van der Waals surface area (Å²) in [6.45, 7) is 0.902. The van der Waals surface area contributed by atoms with Gasteiger partial charge in [0.05, 0.1) is 24.3 Å². The lowest BCUT2D eigenvalue weighted by Crippen LogP contribution is -2.43. The second kappa shape index (κ2) is 12.3. The Kier molecular flexibility index (Phi) is 10.6. The minimum atomic E-state index is -4.50. The zero-order chi connectivity index (χ0) is 25.8. The summed E-state index contributed by atoms with van der Waals surface area (Å²) in [5.74, 6) is -5.32. The Morgan fingerprint density at radius 3 is 2.31 bits per heavy atom. The number of carbonyl (C=O) groups is 3. The lowest BCUT2D eigenvalue weighted by Gasteiger charge is -2.39. The van der Waals surface area contributed by atoms with E-state index in [-0.39, 0.29) is 56.5 Å². The van der Waals surface area contributed by atoms with Crippen LogP contribution in [0.2, 0.25) is 0 Å². The molecule has 1 aromatic rings. The maximum atomic E-state index is 13.2. The SMILES string of the molecule is CC(=O)CC(=O)C1C(=O)C2=C(O)c3c(O)ccc(CC(F)(F)F)c3CC2CC1CCO.CNC.O.[HH].[HH]. The van der Waals surface area contributed by atoms with E-state index < -0.39 is 65.6 Å². The zero-order valence-electron chi connectivity index (χ0n) is 19.8. The molecule has 0 bridgehead atoms. The number of aliphatic hydroxyl groups excluding tert-OH is 2. The number of allylic oxidation sites excluding steroid dienone is 1. The molecule has 3 unspecified atom stereocenters. The zero-order valence-corrected chi connectivity index (χ0v) is 19.8. The second-order valence-electron chi connectivity index (χ2n) is 8.75. The van der Waals surface area contributed by atoms with E-state index in [1.54, 1.807) is 0 Å². The number of benzene rings is 1. The average Bonchev–Trinajstić information content (AvgIpc) is 2.69. The maximum Gasteiger partial charge on any atom is 0.393 e. The molecule has 0 spiro atoms. The molecule has 6 N–H and O–H groups in total. The number of halogens is 3. The van der Waals surface area contributed by atoms with Crippen LogP contribution >= 0.6 is 0 Å². The molecule has 2 aliphatic rings. The maximum absolute atomic E-state index is 13.2. The molecule has 1 fully saturated rings. The summed E-state index contributed by atoms with van der Waals surface area (Å²) in [4.78, 5) is 37.2. The molecule has 1 aromatic carbocycles. The number of hydrogen-bond donors (Lipinski definition) is 4. The molecule has 0 aromatic heterocycles. The molecule has 200 valence electrons. The Bertz CT molecular complexity index is 999. The van der Waals surface area contributed by atoms with Gasteiger partial charge in [-0.3, -0.25) is 14.4 Å². The number of alkyl halides is 3. The largest absolute Gasteiger partial charge is 0.507 e. The summed E-state index contributed by atoms with van der Waals surface area (Å²) in [6.07, 6.45) is -5.95. The number of hydrogen-bond acceptors (Lipinski definition) is 7. The van der Waals surface area contributed by atoms with Gasteiger partial charge in [0.1, 0.15) is 17.3 Å². The van der Waals surface area contributed by atoms with Gasteiger partial charge in [-0.25, -0.2) is 0 Å². The van der Waals surface area contributed by atoms with Crippen LogP contribution in [0.25, 0.3) is 5.76 Å². The number of fused-ring (bicyclic) bond motifs is 2. The van der Waals surface area contributed by atoms with Crippen molar-refractivity contribution in [1.29, 1.82) is 0 Å². The van der Waals surface area contributed by atoms with Crippen LogP contribution in [0.4, 0.5) is 13.2 Å². The topological polar surface area (TPSA) is 155 Å². The first-order valence-electron chi connectivity index (χ1n) is 11.0. The molecule has 0 amide bonds. The van der Waals surface area contributed by atoms with Crippen LogP contribution in [0.15, 0.2) is 17.7 Å². The average molecular weight is 508 g/mol. The van der Waals surface area contributed by atoms with Crippen molar-refractivity contribution in [2.75, 3.05) is 20.7 Å². The van der Waals surface area contributed by atoms with Gasteiger partial charge >= 0.3 is 6.18 Å². The van der Waals surface area contributed by atoms with E-state index in [0.717, 1.165) is 12.1 Å². The number of ketones is 3. The molecule has 3 atom stereocenters. The normalized spacial score (nSPS) is 21.2. The highest BCUT2D eigenvalue weighted by molar-refractivity contribution is 6.17. The van der Waals surface area contributed by atoms with Gasteiger partial charge in [0.2, 0.25) is 0 Å². The van der Waals surface area contributed by atoms with Crippen molar-refractivity contribution >= 4 is 23.1 Å². The minimum absolute atomic E-state index is 0. The number of rotatable bonds is 6.